The number of pyridine rings is 1. The number of aliphatic hydroxyl groups is 1. The van der Waals surface area contributed by atoms with Crippen LogP contribution in [0.5, 0.6) is 5.75 Å². The van der Waals surface area contributed by atoms with Gasteiger partial charge < -0.3 is 10.2 Å². The van der Waals surface area contributed by atoms with E-state index >= 15 is 0 Å². The third kappa shape index (κ3) is 3.96. The number of hydrogen-bond acceptors (Lipinski definition) is 5. The van der Waals surface area contributed by atoms with Crippen molar-refractivity contribution in [3.8, 4) is 5.75 Å². The standard InChI is InChI=1S/C15H14BrN3O2/c1-10-15(21)14(12(9-20)7-17-10)8-19-18-6-11-2-4-13(16)5-3-11/h2-8,20-21H,9H2,1H3/b18-6-,19-8-. The number of halogens is 1. The van der Waals surface area contributed by atoms with Crippen LogP contribution in [0.15, 0.2) is 45.1 Å². The van der Waals surface area contributed by atoms with E-state index in [0.717, 1.165) is 10.0 Å². The minimum atomic E-state index is -0.224. The predicted octanol–water partition coefficient (Wildman–Crippen LogP) is 2.80. The highest BCUT2D eigenvalue weighted by atomic mass is 79.9. The number of hydrogen-bond donors (Lipinski definition) is 2. The first-order valence-corrected chi connectivity index (χ1v) is 7.01. The van der Waals surface area contributed by atoms with Gasteiger partial charge in [-0.3, -0.25) is 4.98 Å². The molecule has 6 heteroatoms. The lowest BCUT2D eigenvalue weighted by Gasteiger charge is -2.06. The first-order valence-electron chi connectivity index (χ1n) is 6.22. The lowest BCUT2D eigenvalue weighted by Crippen LogP contribution is -1.97. The van der Waals surface area contributed by atoms with Crippen molar-refractivity contribution in [1.29, 1.82) is 0 Å². The molecule has 2 rings (SSSR count). The second-order valence-electron chi connectivity index (χ2n) is 4.33. The Morgan fingerprint density at radius 1 is 1.19 bits per heavy atom. The second-order valence-corrected chi connectivity index (χ2v) is 5.25. The summed E-state index contributed by atoms with van der Waals surface area (Å²) in [5, 5.41) is 27.0. The number of benzene rings is 1. The Labute approximate surface area is 130 Å². The molecule has 0 atom stereocenters. The quantitative estimate of drug-likeness (QED) is 0.659. The van der Waals surface area contributed by atoms with E-state index < -0.39 is 0 Å². The first kappa shape index (κ1) is 15.3. The normalized spacial score (nSPS) is 11.6. The molecule has 5 nitrogen and oxygen atoms in total. The maximum atomic E-state index is 9.93. The summed E-state index contributed by atoms with van der Waals surface area (Å²) < 4.78 is 0.993. The van der Waals surface area contributed by atoms with Crippen LogP contribution in [0.25, 0.3) is 0 Å². The van der Waals surface area contributed by atoms with Crippen LogP contribution < -0.4 is 0 Å². The molecule has 1 aromatic carbocycles. The van der Waals surface area contributed by atoms with E-state index in [1.54, 1.807) is 13.1 Å². The molecule has 1 aromatic heterocycles. The van der Waals surface area contributed by atoms with E-state index in [2.05, 4.69) is 31.1 Å². The van der Waals surface area contributed by atoms with Crippen LogP contribution >= 0.6 is 15.9 Å². The fourth-order valence-electron chi connectivity index (χ4n) is 1.66. The predicted molar refractivity (Wildman–Crippen MR) is 85.9 cm³/mol. The molecule has 0 radical (unpaired) electrons. The van der Waals surface area contributed by atoms with Gasteiger partial charge in [-0.05, 0) is 24.6 Å². The summed E-state index contributed by atoms with van der Waals surface area (Å²) in [6.07, 6.45) is 4.52. The number of rotatable bonds is 4. The zero-order valence-corrected chi connectivity index (χ0v) is 12.9. The van der Waals surface area contributed by atoms with Crippen molar-refractivity contribution in [3.63, 3.8) is 0 Å². The molecule has 0 aliphatic rings. The molecule has 0 bridgehead atoms. The van der Waals surface area contributed by atoms with E-state index in [9.17, 15) is 10.2 Å². The summed E-state index contributed by atoms with van der Waals surface area (Å²) in [5.74, 6) is 0.00383. The van der Waals surface area contributed by atoms with Gasteiger partial charge in [0.1, 0.15) is 5.75 Å². The highest BCUT2D eigenvalue weighted by molar-refractivity contribution is 9.10. The van der Waals surface area contributed by atoms with Gasteiger partial charge in [-0.15, -0.1) is 0 Å². The average molecular weight is 348 g/mol. The van der Waals surface area contributed by atoms with Crippen molar-refractivity contribution >= 4 is 28.4 Å². The molecule has 0 spiro atoms. The summed E-state index contributed by atoms with van der Waals surface area (Å²) in [6, 6.07) is 7.62. The molecular weight excluding hydrogens is 334 g/mol. The Hall–Kier alpha value is -2.05. The van der Waals surface area contributed by atoms with Crippen molar-refractivity contribution in [3.05, 3.63) is 57.3 Å². The summed E-state index contributed by atoms with van der Waals surface area (Å²) in [5.41, 5.74) is 2.32. The molecule has 0 aliphatic carbocycles. The maximum absolute atomic E-state index is 9.93. The first-order chi connectivity index (χ1) is 10.1. The van der Waals surface area contributed by atoms with Crippen LogP contribution in [0, 0.1) is 6.92 Å². The minimum Gasteiger partial charge on any atom is -0.505 e. The van der Waals surface area contributed by atoms with E-state index in [0.29, 0.717) is 16.8 Å². The fourth-order valence-corrected chi connectivity index (χ4v) is 1.93. The Kier molecular flexibility index (Phi) is 5.19. The van der Waals surface area contributed by atoms with Crippen molar-refractivity contribution in [2.75, 3.05) is 0 Å². The molecule has 2 aromatic rings. The zero-order valence-electron chi connectivity index (χ0n) is 11.4. The largest absolute Gasteiger partial charge is 0.505 e. The van der Waals surface area contributed by atoms with E-state index in [4.69, 9.17) is 0 Å². The number of aromatic hydroxyl groups is 1. The Bertz CT molecular complexity index is 682. The summed E-state index contributed by atoms with van der Waals surface area (Å²) in [6.45, 7) is 1.46. The molecule has 0 aliphatic heterocycles. The van der Waals surface area contributed by atoms with Gasteiger partial charge in [-0.25, -0.2) is 0 Å². The highest BCUT2D eigenvalue weighted by Gasteiger charge is 2.08. The van der Waals surface area contributed by atoms with Gasteiger partial charge in [0.2, 0.25) is 0 Å². The molecule has 108 valence electrons. The lowest BCUT2D eigenvalue weighted by atomic mass is 10.1. The molecule has 0 saturated carbocycles. The van der Waals surface area contributed by atoms with E-state index in [1.165, 1.54) is 12.4 Å². The molecule has 21 heavy (non-hydrogen) atoms. The van der Waals surface area contributed by atoms with Gasteiger partial charge in [0.25, 0.3) is 0 Å². The van der Waals surface area contributed by atoms with Crippen molar-refractivity contribution in [2.24, 2.45) is 10.2 Å². The summed E-state index contributed by atoms with van der Waals surface area (Å²) in [4.78, 5) is 3.98. The molecule has 0 amide bonds. The van der Waals surface area contributed by atoms with Gasteiger partial charge >= 0.3 is 0 Å². The third-order valence-electron chi connectivity index (χ3n) is 2.86. The van der Waals surface area contributed by atoms with Crippen LogP contribution in [0.4, 0.5) is 0 Å². The maximum Gasteiger partial charge on any atom is 0.145 e. The van der Waals surface area contributed by atoms with Crippen molar-refractivity contribution in [2.45, 2.75) is 13.5 Å². The summed E-state index contributed by atoms with van der Waals surface area (Å²) in [7, 11) is 0. The Balaban J connectivity index is 2.18. The SMILES string of the molecule is Cc1ncc(CO)c(/C=N\N=C/c2ccc(Br)cc2)c1O. The van der Waals surface area contributed by atoms with Gasteiger partial charge in [0, 0.05) is 21.8 Å². The molecule has 2 N–H and O–H groups in total. The van der Waals surface area contributed by atoms with Crippen LogP contribution in [-0.2, 0) is 6.61 Å². The lowest BCUT2D eigenvalue weighted by molar-refractivity contribution is 0.280. The van der Waals surface area contributed by atoms with Crippen LogP contribution in [0.2, 0.25) is 0 Å². The van der Waals surface area contributed by atoms with Gasteiger partial charge in [-0.1, -0.05) is 28.1 Å². The molecular formula is C15H14BrN3O2. The number of aryl methyl sites for hydroxylation is 1. The fraction of sp³-hybridized carbons (Fsp3) is 0.133. The molecule has 0 unspecified atom stereocenters. The Morgan fingerprint density at radius 3 is 2.52 bits per heavy atom. The second kappa shape index (κ2) is 7.10. The summed E-state index contributed by atoms with van der Waals surface area (Å²) >= 11 is 3.36. The minimum absolute atomic E-state index is 0.00383. The van der Waals surface area contributed by atoms with Crippen LogP contribution in [-0.4, -0.2) is 27.6 Å². The number of nitrogens with zero attached hydrogens (tertiary/aromatic N) is 3. The van der Waals surface area contributed by atoms with Crippen LogP contribution in [0.1, 0.15) is 22.4 Å². The van der Waals surface area contributed by atoms with Crippen molar-refractivity contribution in [1.82, 2.24) is 4.98 Å². The smallest absolute Gasteiger partial charge is 0.145 e. The van der Waals surface area contributed by atoms with Gasteiger partial charge in [0.15, 0.2) is 0 Å². The van der Waals surface area contributed by atoms with E-state index in [-0.39, 0.29) is 12.4 Å². The molecule has 0 fully saturated rings. The topological polar surface area (TPSA) is 78.1 Å². The Morgan fingerprint density at radius 2 is 1.86 bits per heavy atom. The van der Waals surface area contributed by atoms with Crippen LogP contribution in [0.3, 0.4) is 0 Å². The molecule has 0 saturated heterocycles. The molecule has 1 heterocycles. The van der Waals surface area contributed by atoms with Gasteiger partial charge in [0.05, 0.1) is 24.7 Å². The number of aromatic nitrogens is 1. The van der Waals surface area contributed by atoms with Crippen molar-refractivity contribution < 1.29 is 10.2 Å². The van der Waals surface area contributed by atoms with Gasteiger partial charge in [-0.2, -0.15) is 10.2 Å². The third-order valence-corrected chi connectivity index (χ3v) is 3.39. The monoisotopic (exact) mass is 347 g/mol. The highest BCUT2D eigenvalue weighted by Crippen LogP contribution is 2.21. The average Bonchev–Trinajstić information content (AvgIpc) is 2.49. The number of aliphatic hydroxyl groups excluding tert-OH is 1. The van der Waals surface area contributed by atoms with E-state index in [1.807, 2.05) is 24.3 Å². The zero-order chi connectivity index (χ0) is 15.2.